The van der Waals surface area contributed by atoms with Crippen LogP contribution >= 0.6 is 0 Å². The van der Waals surface area contributed by atoms with Crippen LogP contribution in [0.4, 0.5) is 0 Å². The number of carboxylic acid groups (broad SMARTS) is 1. The molecule has 1 aromatic rings. The van der Waals surface area contributed by atoms with Gasteiger partial charge in [0.1, 0.15) is 6.04 Å². The highest BCUT2D eigenvalue weighted by molar-refractivity contribution is 5.75. The van der Waals surface area contributed by atoms with E-state index in [-0.39, 0.29) is 0 Å². The summed E-state index contributed by atoms with van der Waals surface area (Å²) >= 11 is 0. The molecule has 0 bridgehead atoms. The number of hydrogen-bond acceptors (Lipinski definition) is 2. The number of nitrogens with two attached hydrogens (primary N) is 1. The summed E-state index contributed by atoms with van der Waals surface area (Å²) < 4.78 is 0. The first-order valence-corrected chi connectivity index (χ1v) is 4.76. The maximum atomic E-state index is 10.7. The summed E-state index contributed by atoms with van der Waals surface area (Å²) in [6, 6.07) is 6.71. The van der Waals surface area contributed by atoms with Crippen LogP contribution in [0.2, 0.25) is 0 Å². The van der Waals surface area contributed by atoms with Crippen molar-refractivity contribution in [3.05, 3.63) is 35.4 Å². The van der Waals surface area contributed by atoms with Crippen LogP contribution in [0.3, 0.4) is 0 Å². The Balaban J connectivity index is 2.25. The minimum atomic E-state index is -0.974. The molecule has 1 aliphatic carbocycles. The van der Waals surface area contributed by atoms with Crippen molar-refractivity contribution in [1.82, 2.24) is 0 Å². The van der Waals surface area contributed by atoms with Crippen molar-refractivity contribution in [2.24, 2.45) is 5.73 Å². The van der Waals surface area contributed by atoms with E-state index in [0.29, 0.717) is 11.5 Å². The molecule has 3 nitrogen and oxygen atoms in total. The van der Waals surface area contributed by atoms with Gasteiger partial charge in [0.2, 0.25) is 0 Å². The van der Waals surface area contributed by atoms with Crippen molar-refractivity contribution in [1.29, 1.82) is 0 Å². The third-order valence-electron chi connectivity index (χ3n) is 2.58. The quantitative estimate of drug-likeness (QED) is 0.763. The van der Waals surface area contributed by atoms with E-state index in [4.69, 9.17) is 10.8 Å². The summed E-state index contributed by atoms with van der Waals surface area (Å²) in [4.78, 5) is 10.7. The molecular formula is C11H13NO2. The molecule has 2 rings (SSSR count). The molecule has 0 aliphatic heterocycles. The number of hydrogen-bond donors (Lipinski definition) is 2. The highest BCUT2D eigenvalue weighted by atomic mass is 16.4. The van der Waals surface area contributed by atoms with Gasteiger partial charge in [0.25, 0.3) is 0 Å². The Morgan fingerprint density at radius 3 is 2.79 bits per heavy atom. The van der Waals surface area contributed by atoms with Crippen molar-refractivity contribution in [2.75, 3.05) is 0 Å². The molecule has 1 atom stereocenters. The SMILES string of the molecule is NC(C(=O)O)c1cccc(C2CC2)c1. The van der Waals surface area contributed by atoms with E-state index in [1.165, 1.54) is 18.4 Å². The summed E-state index contributed by atoms with van der Waals surface area (Å²) in [7, 11) is 0. The van der Waals surface area contributed by atoms with Gasteiger partial charge < -0.3 is 10.8 Å². The summed E-state index contributed by atoms with van der Waals surface area (Å²) in [5, 5.41) is 8.76. The molecule has 0 spiro atoms. The summed E-state index contributed by atoms with van der Waals surface area (Å²) in [5.41, 5.74) is 7.45. The second kappa shape index (κ2) is 3.42. The fourth-order valence-corrected chi connectivity index (χ4v) is 1.57. The molecule has 3 heteroatoms. The zero-order valence-corrected chi connectivity index (χ0v) is 7.81. The van der Waals surface area contributed by atoms with Crippen molar-refractivity contribution in [3.63, 3.8) is 0 Å². The Kier molecular flexibility index (Phi) is 2.25. The molecule has 0 heterocycles. The molecule has 1 unspecified atom stereocenters. The highest BCUT2D eigenvalue weighted by Gasteiger charge is 2.24. The number of carboxylic acids is 1. The van der Waals surface area contributed by atoms with Gasteiger partial charge >= 0.3 is 5.97 Å². The van der Waals surface area contributed by atoms with E-state index in [2.05, 4.69) is 0 Å². The average Bonchev–Trinajstić information content (AvgIpc) is 3.00. The minimum absolute atomic E-state index is 0.635. The lowest BCUT2D eigenvalue weighted by molar-refractivity contribution is -0.138. The molecule has 0 aromatic heterocycles. The molecule has 0 saturated heterocycles. The highest BCUT2D eigenvalue weighted by Crippen LogP contribution is 2.40. The Hall–Kier alpha value is -1.35. The number of carbonyl (C=O) groups is 1. The molecule has 1 fully saturated rings. The van der Waals surface area contributed by atoms with Crippen LogP contribution in [0.5, 0.6) is 0 Å². The third kappa shape index (κ3) is 1.77. The largest absolute Gasteiger partial charge is 0.480 e. The monoisotopic (exact) mass is 191 g/mol. The molecule has 74 valence electrons. The van der Waals surface area contributed by atoms with Crippen LogP contribution in [0, 0.1) is 0 Å². The fraction of sp³-hybridized carbons (Fsp3) is 0.364. The van der Waals surface area contributed by atoms with Gasteiger partial charge in [0.05, 0.1) is 0 Å². The predicted octanol–water partition coefficient (Wildman–Crippen LogP) is 1.65. The first-order valence-electron chi connectivity index (χ1n) is 4.76. The lowest BCUT2D eigenvalue weighted by Gasteiger charge is -2.08. The van der Waals surface area contributed by atoms with E-state index >= 15 is 0 Å². The smallest absolute Gasteiger partial charge is 0.325 e. The number of aliphatic carboxylic acids is 1. The van der Waals surface area contributed by atoms with Crippen LogP contribution in [0.1, 0.15) is 35.9 Å². The topological polar surface area (TPSA) is 63.3 Å². The van der Waals surface area contributed by atoms with Crippen LogP contribution in [-0.4, -0.2) is 11.1 Å². The average molecular weight is 191 g/mol. The van der Waals surface area contributed by atoms with Gasteiger partial charge in [-0.05, 0) is 29.9 Å². The standard InChI is InChI=1S/C11H13NO2/c12-10(11(13)14)9-3-1-2-8(6-9)7-4-5-7/h1-3,6-7,10H,4-5,12H2,(H,13,14). The van der Waals surface area contributed by atoms with Crippen molar-refractivity contribution < 1.29 is 9.90 Å². The first-order chi connectivity index (χ1) is 6.68. The molecule has 14 heavy (non-hydrogen) atoms. The van der Waals surface area contributed by atoms with Crippen LogP contribution in [-0.2, 0) is 4.79 Å². The van der Waals surface area contributed by atoms with Crippen molar-refractivity contribution in [3.8, 4) is 0 Å². The third-order valence-corrected chi connectivity index (χ3v) is 2.58. The second-order valence-corrected chi connectivity index (χ2v) is 3.76. The summed E-state index contributed by atoms with van der Waals surface area (Å²) in [6.07, 6.45) is 2.43. The lowest BCUT2D eigenvalue weighted by atomic mass is 10.0. The Morgan fingerprint density at radius 1 is 1.50 bits per heavy atom. The van der Waals surface area contributed by atoms with E-state index in [0.717, 1.165) is 0 Å². The first kappa shape index (κ1) is 9.21. The van der Waals surface area contributed by atoms with Gasteiger partial charge in [-0.1, -0.05) is 24.3 Å². The van der Waals surface area contributed by atoms with Gasteiger partial charge in [0.15, 0.2) is 0 Å². The van der Waals surface area contributed by atoms with Crippen molar-refractivity contribution >= 4 is 5.97 Å². The zero-order valence-electron chi connectivity index (χ0n) is 7.81. The normalized spacial score (nSPS) is 17.8. The molecule has 1 aliphatic rings. The van der Waals surface area contributed by atoms with Crippen LogP contribution < -0.4 is 5.73 Å². The number of benzene rings is 1. The second-order valence-electron chi connectivity index (χ2n) is 3.76. The maximum Gasteiger partial charge on any atom is 0.325 e. The van der Waals surface area contributed by atoms with Gasteiger partial charge in [-0.15, -0.1) is 0 Å². The maximum absolute atomic E-state index is 10.7. The minimum Gasteiger partial charge on any atom is -0.480 e. The fourth-order valence-electron chi connectivity index (χ4n) is 1.57. The Labute approximate surface area is 82.5 Å². The van der Waals surface area contributed by atoms with Gasteiger partial charge in [-0.25, -0.2) is 0 Å². The van der Waals surface area contributed by atoms with Gasteiger partial charge in [0, 0.05) is 0 Å². The predicted molar refractivity (Wildman–Crippen MR) is 53.0 cm³/mol. The Morgan fingerprint density at radius 2 is 2.21 bits per heavy atom. The summed E-state index contributed by atoms with van der Waals surface area (Å²) in [6.45, 7) is 0. The van der Waals surface area contributed by atoms with Gasteiger partial charge in [-0.3, -0.25) is 4.79 Å². The Bertz CT molecular complexity index is 358. The summed E-state index contributed by atoms with van der Waals surface area (Å²) in [5.74, 6) is -0.339. The van der Waals surface area contributed by atoms with Crippen molar-refractivity contribution in [2.45, 2.75) is 24.8 Å². The van der Waals surface area contributed by atoms with Crippen LogP contribution in [0.15, 0.2) is 24.3 Å². The molecule has 1 aromatic carbocycles. The molecule has 0 amide bonds. The molecule has 0 radical (unpaired) electrons. The van der Waals surface area contributed by atoms with E-state index in [1.807, 2.05) is 18.2 Å². The van der Waals surface area contributed by atoms with E-state index < -0.39 is 12.0 Å². The van der Waals surface area contributed by atoms with E-state index in [9.17, 15) is 4.79 Å². The molecule has 3 N–H and O–H groups in total. The molecule has 1 saturated carbocycles. The van der Waals surface area contributed by atoms with E-state index in [1.54, 1.807) is 6.07 Å². The van der Waals surface area contributed by atoms with Gasteiger partial charge in [-0.2, -0.15) is 0 Å². The van der Waals surface area contributed by atoms with Crippen LogP contribution in [0.25, 0.3) is 0 Å². The lowest BCUT2D eigenvalue weighted by Crippen LogP contribution is -2.20. The number of rotatable bonds is 3. The molecular weight excluding hydrogens is 178 g/mol. The zero-order chi connectivity index (χ0) is 10.1.